The van der Waals surface area contributed by atoms with E-state index in [9.17, 15) is 9.59 Å². The second-order valence-electron chi connectivity index (χ2n) is 4.37. The van der Waals surface area contributed by atoms with Crippen molar-refractivity contribution >= 4 is 22.7 Å². The molecule has 0 bridgehead atoms. The fourth-order valence-corrected chi connectivity index (χ4v) is 1.99. The van der Waals surface area contributed by atoms with Crippen molar-refractivity contribution in [1.82, 2.24) is 9.97 Å². The number of benzene rings is 1. The molecule has 0 unspecified atom stereocenters. The van der Waals surface area contributed by atoms with Gasteiger partial charge in [0.15, 0.2) is 11.3 Å². The van der Waals surface area contributed by atoms with E-state index in [1.54, 1.807) is 18.2 Å². The number of para-hydroxylation sites is 1. The van der Waals surface area contributed by atoms with Crippen LogP contribution in [0.1, 0.15) is 10.4 Å². The first kappa shape index (κ1) is 13.7. The lowest BCUT2D eigenvalue weighted by atomic mass is 10.1. The van der Waals surface area contributed by atoms with Gasteiger partial charge in [-0.05, 0) is 18.2 Å². The van der Waals surface area contributed by atoms with E-state index in [0.29, 0.717) is 22.5 Å². The van der Waals surface area contributed by atoms with Gasteiger partial charge in [0.05, 0.1) is 7.11 Å². The van der Waals surface area contributed by atoms with Gasteiger partial charge in [-0.1, -0.05) is 12.1 Å². The first-order valence-corrected chi connectivity index (χ1v) is 6.37. The molecular formula is C15H11N3O4. The second kappa shape index (κ2) is 5.65. The maximum Gasteiger partial charge on any atom is 0.349 e. The second-order valence-corrected chi connectivity index (χ2v) is 4.37. The van der Waals surface area contributed by atoms with Crippen LogP contribution in [0.25, 0.3) is 11.0 Å². The Bertz CT molecular complexity index is 890. The summed E-state index contributed by atoms with van der Waals surface area (Å²) in [6, 6.07) is 8.12. The molecule has 0 aliphatic carbocycles. The molecule has 0 aliphatic heterocycles. The SMILES string of the molecule is COc1cccc2cc(C(=O)Nc3ccncn3)c(=O)oc12. The molecule has 0 fully saturated rings. The highest BCUT2D eigenvalue weighted by atomic mass is 16.5. The van der Waals surface area contributed by atoms with Crippen LogP contribution >= 0.6 is 0 Å². The Morgan fingerprint density at radius 3 is 2.91 bits per heavy atom. The highest BCUT2D eigenvalue weighted by Crippen LogP contribution is 2.24. The van der Waals surface area contributed by atoms with Gasteiger partial charge in [0.2, 0.25) is 0 Å². The van der Waals surface area contributed by atoms with Crippen LogP contribution in [0, 0.1) is 0 Å². The van der Waals surface area contributed by atoms with Gasteiger partial charge in [0, 0.05) is 11.6 Å². The minimum Gasteiger partial charge on any atom is -0.493 e. The molecular weight excluding hydrogens is 286 g/mol. The number of ether oxygens (including phenoxy) is 1. The van der Waals surface area contributed by atoms with E-state index in [1.165, 1.54) is 31.8 Å². The van der Waals surface area contributed by atoms with Crippen molar-refractivity contribution in [2.75, 3.05) is 12.4 Å². The number of hydrogen-bond acceptors (Lipinski definition) is 6. The molecule has 2 aromatic heterocycles. The van der Waals surface area contributed by atoms with E-state index < -0.39 is 11.5 Å². The van der Waals surface area contributed by atoms with E-state index in [2.05, 4.69) is 15.3 Å². The van der Waals surface area contributed by atoms with Gasteiger partial charge in [-0.15, -0.1) is 0 Å². The average molecular weight is 297 g/mol. The van der Waals surface area contributed by atoms with Crippen molar-refractivity contribution in [2.24, 2.45) is 0 Å². The van der Waals surface area contributed by atoms with E-state index >= 15 is 0 Å². The topological polar surface area (TPSA) is 94.3 Å². The number of nitrogens with one attached hydrogen (secondary N) is 1. The highest BCUT2D eigenvalue weighted by molar-refractivity contribution is 6.05. The van der Waals surface area contributed by atoms with E-state index in [-0.39, 0.29) is 5.56 Å². The minimum absolute atomic E-state index is 0.112. The Morgan fingerprint density at radius 1 is 1.32 bits per heavy atom. The Kier molecular flexibility index (Phi) is 3.53. The fourth-order valence-electron chi connectivity index (χ4n) is 1.99. The number of nitrogens with zero attached hydrogens (tertiary/aromatic N) is 2. The van der Waals surface area contributed by atoms with E-state index in [4.69, 9.17) is 9.15 Å². The van der Waals surface area contributed by atoms with Crippen LogP contribution in [0.15, 0.2) is 52.1 Å². The Labute approximate surface area is 124 Å². The summed E-state index contributed by atoms with van der Waals surface area (Å²) >= 11 is 0. The number of carbonyl (C=O) groups is 1. The van der Waals surface area contributed by atoms with Gasteiger partial charge in [-0.2, -0.15) is 0 Å². The predicted molar refractivity (Wildman–Crippen MR) is 79.0 cm³/mol. The van der Waals surface area contributed by atoms with Crippen molar-refractivity contribution in [3.05, 3.63) is 58.8 Å². The number of fused-ring (bicyclic) bond motifs is 1. The third-order valence-electron chi connectivity index (χ3n) is 3.01. The Morgan fingerprint density at radius 2 is 2.18 bits per heavy atom. The van der Waals surface area contributed by atoms with Crippen molar-refractivity contribution in [3.8, 4) is 5.75 Å². The monoisotopic (exact) mass is 297 g/mol. The van der Waals surface area contributed by atoms with Crippen LogP contribution in [-0.4, -0.2) is 23.0 Å². The summed E-state index contributed by atoms with van der Waals surface area (Å²) in [5.41, 5.74) is -0.559. The summed E-state index contributed by atoms with van der Waals surface area (Å²) in [6.45, 7) is 0. The molecule has 3 aromatic rings. The van der Waals surface area contributed by atoms with Gasteiger partial charge < -0.3 is 14.5 Å². The van der Waals surface area contributed by atoms with Crippen LogP contribution in [0.3, 0.4) is 0 Å². The number of hydrogen-bond donors (Lipinski definition) is 1. The molecule has 0 saturated heterocycles. The zero-order chi connectivity index (χ0) is 15.5. The maximum atomic E-state index is 12.2. The minimum atomic E-state index is -0.747. The van der Waals surface area contributed by atoms with Crippen LogP contribution in [0.4, 0.5) is 5.82 Å². The zero-order valence-electron chi connectivity index (χ0n) is 11.6. The Balaban J connectivity index is 2.02. The van der Waals surface area contributed by atoms with Crippen molar-refractivity contribution in [2.45, 2.75) is 0 Å². The van der Waals surface area contributed by atoms with Crippen LogP contribution < -0.4 is 15.7 Å². The zero-order valence-corrected chi connectivity index (χ0v) is 11.6. The molecule has 0 aliphatic rings. The van der Waals surface area contributed by atoms with E-state index in [0.717, 1.165) is 0 Å². The van der Waals surface area contributed by atoms with E-state index in [1.807, 2.05) is 0 Å². The molecule has 7 nitrogen and oxygen atoms in total. The lowest BCUT2D eigenvalue weighted by Crippen LogP contribution is -2.21. The quantitative estimate of drug-likeness (QED) is 0.741. The molecule has 7 heteroatoms. The molecule has 1 amide bonds. The summed E-state index contributed by atoms with van der Waals surface area (Å²) in [7, 11) is 1.48. The number of aromatic nitrogens is 2. The summed E-state index contributed by atoms with van der Waals surface area (Å²) in [5, 5.41) is 3.10. The van der Waals surface area contributed by atoms with Gasteiger partial charge >= 0.3 is 5.63 Å². The summed E-state index contributed by atoms with van der Waals surface area (Å²) in [5.74, 6) is 0.125. The molecule has 0 radical (unpaired) electrons. The molecule has 110 valence electrons. The van der Waals surface area contributed by atoms with Crippen LogP contribution in [-0.2, 0) is 0 Å². The van der Waals surface area contributed by atoms with Crippen molar-refractivity contribution < 1.29 is 13.9 Å². The third kappa shape index (κ3) is 2.51. The average Bonchev–Trinajstić information content (AvgIpc) is 2.54. The Hall–Kier alpha value is -3.22. The number of anilines is 1. The third-order valence-corrected chi connectivity index (χ3v) is 3.01. The molecule has 1 N–H and O–H groups in total. The van der Waals surface area contributed by atoms with Crippen LogP contribution in [0.2, 0.25) is 0 Å². The van der Waals surface area contributed by atoms with Gasteiger partial charge in [-0.3, -0.25) is 4.79 Å². The molecule has 2 heterocycles. The summed E-state index contributed by atoms with van der Waals surface area (Å²) < 4.78 is 10.3. The number of amides is 1. The molecule has 3 rings (SSSR count). The number of rotatable bonds is 3. The van der Waals surface area contributed by atoms with Gasteiger partial charge in [0.1, 0.15) is 17.7 Å². The largest absolute Gasteiger partial charge is 0.493 e. The summed E-state index contributed by atoms with van der Waals surface area (Å²) in [4.78, 5) is 31.8. The first-order valence-electron chi connectivity index (χ1n) is 6.37. The molecule has 0 saturated carbocycles. The molecule has 1 aromatic carbocycles. The molecule has 22 heavy (non-hydrogen) atoms. The predicted octanol–water partition coefficient (Wildman–Crippen LogP) is 1.84. The normalized spacial score (nSPS) is 10.4. The standard InChI is InChI=1S/C15H11N3O4/c1-21-11-4-2-3-9-7-10(15(20)22-13(9)11)14(19)18-12-5-6-16-8-17-12/h2-8H,1H3,(H,16,17,18,19). The smallest absolute Gasteiger partial charge is 0.349 e. The van der Waals surface area contributed by atoms with Crippen LogP contribution in [0.5, 0.6) is 5.75 Å². The fraction of sp³-hybridized carbons (Fsp3) is 0.0667. The molecule has 0 atom stereocenters. The number of methoxy groups -OCH3 is 1. The molecule has 0 spiro atoms. The first-order chi connectivity index (χ1) is 10.7. The van der Waals surface area contributed by atoms with Gasteiger partial charge in [0.25, 0.3) is 5.91 Å². The maximum absolute atomic E-state index is 12.2. The van der Waals surface area contributed by atoms with Crippen molar-refractivity contribution in [1.29, 1.82) is 0 Å². The summed E-state index contributed by atoms with van der Waals surface area (Å²) in [6.07, 6.45) is 2.78. The van der Waals surface area contributed by atoms with Gasteiger partial charge in [-0.25, -0.2) is 14.8 Å². The van der Waals surface area contributed by atoms with Crippen molar-refractivity contribution in [3.63, 3.8) is 0 Å². The number of carbonyl (C=O) groups excluding carboxylic acids is 1. The lowest BCUT2D eigenvalue weighted by molar-refractivity contribution is 0.102. The highest BCUT2D eigenvalue weighted by Gasteiger charge is 2.16. The lowest BCUT2D eigenvalue weighted by Gasteiger charge is -2.06.